The highest BCUT2D eigenvalue weighted by Gasteiger charge is 2.23. The van der Waals surface area contributed by atoms with Gasteiger partial charge in [-0.2, -0.15) is 0 Å². The number of carbonyl (C=O) groups excluding carboxylic acids is 2. The lowest BCUT2D eigenvalue weighted by Crippen LogP contribution is -2.23. The highest BCUT2D eigenvalue weighted by molar-refractivity contribution is 7.89. The van der Waals surface area contributed by atoms with Gasteiger partial charge in [-0.05, 0) is 42.8 Å². The van der Waals surface area contributed by atoms with Gasteiger partial charge in [0.15, 0.2) is 6.61 Å². The van der Waals surface area contributed by atoms with E-state index in [1.165, 1.54) is 26.2 Å². The van der Waals surface area contributed by atoms with E-state index in [0.717, 1.165) is 15.9 Å². The molecule has 0 saturated carbocycles. The minimum absolute atomic E-state index is 0.0285. The summed E-state index contributed by atoms with van der Waals surface area (Å²) in [5.41, 5.74) is 1.27. The predicted molar refractivity (Wildman–Crippen MR) is 107 cm³/mol. The van der Waals surface area contributed by atoms with Gasteiger partial charge < -0.3 is 10.1 Å². The molecule has 150 valence electrons. The smallest absolute Gasteiger partial charge is 0.338 e. The number of amides is 1. The summed E-state index contributed by atoms with van der Waals surface area (Å²) >= 11 is 11.9. The molecule has 0 unspecified atom stereocenters. The number of aryl methyl sites for hydroxylation is 1. The highest BCUT2D eigenvalue weighted by Crippen LogP contribution is 2.25. The first-order valence-electron chi connectivity index (χ1n) is 7.97. The van der Waals surface area contributed by atoms with Crippen molar-refractivity contribution in [1.82, 2.24) is 4.31 Å². The molecule has 0 aliphatic carbocycles. The minimum Gasteiger partial charge on any atom is -0.452 e. The van der Waals surface area contributed by atoms with Crippen LogP contribution in [0.5, 0.6) is 0 Å². The summed E-state index contributed by atoms with van der Waals surface area (Å²) in [4.78, 5) is 23.9. The van der Waals surface area contributed by atoms with Crippen LogP contribution in [0.4, 0.5) is 5.69 Å². The van der Waals surface area contributed by atoms with Gasteiger partial charge in [0.1, 0.15) is 4.90 Å². The molecule has 0 aliphatic heterocycles. The molecule has 2 rings (SSSR count). The number of carbonyl (C=O) groups is 2. The maximum Gasteiger partial charge on any atom is 0.338 e. The van der Waals surface area contributed by atoms with Crippen LogP contribution in [0.3, 0.4) is 0 Å². The van der Waals surface area contributed by atoms with E-state index in [4.69, 9.17) is 27.9 Å². The number of nitrogens with zero attached hydrogens (tertiary/aromatic N) is 1. The molecule has 1 N–H and O–H groups in total. The highest BCUT2D eigenvalue weighted by atomic mass is 35.5. The second-order valence-corrected chi connectivity index (χ2v) is 8.96. The van der Waals surface area contributed by atoms with Gasteiger partial charge in [-0.25, -0.2) is 17.5 Å². The average molecular weight is 445 g/mol. The molecular weight excluding hydrogens is 427 g/mol. The van der Waals surface area contributed by atoms with Crippen LogP contribution in [0.25, 0.3) is 0 Å². The van der Waals surface area contributed by atoms with Gasteiger partial charge in [-0.1, -0.05) is 29.3 Å². The quantitative estimate of drug-likeness (QED) is 0.689. The molecule has 2 aromatic rings. The number of sulfonamides is 1. The van der Waals surface area contributed by atoms with Crippen molar-refractivity contribution in [3.8, 4) is 0 Å². The van der Waals surface area contributed by atoms with Crippen LogP contribution in [-0.4, -0.2) is 45.3 Å². The van der Waals surface area contributed by atoms with Crippen LogP contribution in [-0.2, 0) is 19.6 Å². The first-order valence-corrected chi connectivity index (χ1v) is 10.2. The van der Waals surface area contributed by atoms with Crippen molar-refractivity contribution in [1.29, 1.82) is 0 Å². The van der Waals surface area contributed by atoms with Crippen LogP contribution < -0.4 is 5.32 Å². The number of benzene rings is 2. The van der Waals surface area contributed by atoms with E-state index in [9.17, 15) is 18.0 Å². The topological polar surface area (TPSA) is 92.8 Å². The summed E-state index contributed by atoms with van der Waals surface area (Å²) in [6.45, 7) is 1.27. The molecule has 0 fully saturated rings. The van der Waals surface area contributed by atoms with Crippen LogP contribution in [0.15, 0.2) is 41.3 Å². The van der Waals surface area contributed by atoms with E-state index >= 15 is 0 Å². The first kappa shape index (κ1) is 22.2. The molecule has 0 saturated heterocycles. The second kappa shape index (κ2) is 8.91. The fraction of sp³-hybridized carbons (Fsp3) is 0.222. The van der Waals surface area contributed by atoms with Crippen LogP contribution >= 0.6 is 23.2 Å². The molecule has 10 heteroatoms. The monoisotopic (exact) mass is 444 g/mol. The molecular formula is C18H18Cl2N2O5S. The summed E-state index contributed by atoms with van der Waals surface area (Å²) in [6.07, 6.45) is 0. The molecule has 28 heavy (non-hydrogen) atoms. The maximum atomic E-state index is 12.3. The Hall–Kier alpha value is -2.13. The Labute approximate surface area is 173 Å². The molecule has 0 spiro atoms. The number of rotatable bonds is 6. The van der Waals surface area contributed by atoms with Crippen molar-refractivity contribution in [3.63, 3.8) is 0 Å². The Morgan fingerprint density at radius 1 is 1.07 bits per heavy atom. The fourth-order valence-electron chi connectivity index (χ4n) is 2.11. The zero-order chi connectivity index (χ0) is 21.1. The lowest BCUT2D eigenvalue weighted by Gasteiger charge is -2.13. The Bertz CT molecular complexity index is 1020. The number of hydrogen-bond donors (Lipinski definition) is 1. The summed E-state index contributed by atoms with van der Waals surface area (Å²) < 4.78 is 30.4. The SMILES string of the molecule is Cc1ccc(NC(=O)COC(=O)c2ccc(Cl)c(S(=O)(=O)N(C)C)c2)cc1Cl. The minimum atomic E-state index is -3.84. The number of anilines is 1. The van der Waals surface area contributed by atoms with Gasteiger partial charge in [0.2, 0.25) is 10.0 Å². The first-order chi connectivity index (χ1) is 13.0. The number of ether oxygens (including phenoxy) is 1. The van der Waals surface area contributed by atoms with Crippen LogP contribution in [0.1, 0.15) is 15.9 Å². The summed E-state index contributed by atoms with van der Waals surface area (Å²) in [5.74, 6) is -1.42. The van der Waals surface area contributed by atoms with Crippen LogP contribution in [0.2, 0.25) is 10.0 Å². The molecule has 0 bridgehead atoms. The Kier molecular flexibility index (Phi) is 7.06. The average Bonchev–Trinajstić information content (AvgIpc) is 2.63. The van der Waals surface area contributed by atoms with Crippen molar-refractivity contribution < 1.29 is 22.7 Å². The molecule has 0 aliphatic rings. The molecule has 0 aromatic heterocycles. The summed E-state index contributed by atoms with van der Waals surface area (Å²) in [5, 5.41) is 3.02. The van der Waals surface area contributed by atoms with E-state index in [-0.39, 0.29) is 15.5 Å². The third kappa shape index (κ3) is 5.23. The van der Waals surface area contributed by atoms with E-state index in [0.29, 0.717) is 10.7 Å². The van der Waals surface area contributed by atoms with Gasteiger partial charge in [-0.15, -0.1) is 0 Å². The number of hydrogen-bond acceptors (Lipinski definition) is 5. The van der Waals surface area contributed by atoms with Crippen LogP contribution in [0, 0.1) is 6.92 Å². The van der Waals surface area contributed by atoms with E-state index in [2.05, 4.69) is 5.32 Å². The van der Waals surface area contributed by atoms with Gasteiger partial charge in [0, 0.05) is 24.8 Å². The summed E-state index contributed by atoms with van der Waals surface area (Å²) in [7, 11) is -1.15. The molecule has 0 radical (unpaired) electrons. The van der Waals surface area contributed by atoms with Crippen molar-refractivity contribution in [2.45, 2.75) is 11.8 Å². The van der Waals surface area contributed by atoms with Gasteiger partial charge in [0.25, 0.3) is 5.91 Å². The Morgan fingerprint density at radius 3 is 2.36 bits per heavy atom. The van der Waals surface area contributed by atoms with Gasteiger partial charge in [-0.3, -0.25) is 4.79 Å². The zero-order valence-electron chi connectivity index (χ0n) is 15.3. The standard InChI is InChI=1S/C18H18Cl2N2O5S/c1-11-4-6-13(9-15(11)20)21-17(23)10-27-18(24)12-5-7-14(19)16(8-12)28(25,26)22(2)3/h4-9H,10H2,1-3H3,(H,21,23). The largest absolute Gasteiger partial charge is 0.452 e. The van der Waals surface area contributed by atoms with Gasteiger partial charge >= 0.3 is 5.97 Å². The normalized spacial score (nSPS) is 11.4. The third-order valence-corrected chi connectivity index (χ3v) is 6.42. The van der Waals surface area contributed by atoms with E-state index in [1.807, 2.05) is 6.92 Å². The Balaban J connectivity index is 2.07. The number of esters is 1. The summed E-state index contributed by atoms with van der Waals surface area (Å²) in [6, 6.07) is 8.69. The lowest BCUT2D eigenvalue weighted by molar-refractivity contribution is -0.119. The van der Waals surface area contributed by atoms with Crippen molar-refractivity contribution in [3.05, 3.63) is 57.6 Å². The molecule has 1 amide bonds. The number of halogens is 2. The third-order valence-electron chi connectivity index (χ3n) is 3.72. The van der Waals surface area contributed by atoms with Crippen molar-refractivity contribution >= 4 is 50.8 Å². The van der Waals surface area contributed by atoms with E-state index < -0.39 is 28.5 Å². The molecule has 7 nitrogen and oxygen atoms in total. The van der Waals surface area contributed by atoms with Crippen molar-refractivity contribution in [2.24, 2.45) is 0 Å². The molecule has 2 aromatic carbocycles. The fourth-order valence-corrected chi connectivity index (χ4v) is 3.68. The second-order valence-electron chi connectivity index (χ2n) is 6.02. The Morgan fingerprint density at radius 2 is 1.75 bits per heavy atom. The van der Waals surface area contributed by atoms with Crippen molar-refractivity contribution in [2.75, 3.05) is 26.0 Å². The molecule has 0 heterocycles. The lowest BCUT2D eigenvalue weighted by atomic mass is 10.2. The number of nitrogens with one attached hydrogen (secondary N) is 1. The molecule has 0 atom stereocenters. The zero-order valence-corrected chi connectivity index (χ0v) is 17.7. The predicted octanol–water partition coefficient (Wildman–Crippen LogP) is 3.35. The van der Waals surface area contributed by atoms with Gasteiger partial charge in [0.05, 0.1) is 10.6 Å². The maximum absolute atomic E-state index is 12.3. The van der Waals surface area contributed by atoms with E-state index in [1.54, 1.807) is 18.2 Å².